The first kappa shape index (κ1) is 29.9. The summed E-state index contributed by atoms with van der Waals surface area (Å²) in [5.41, 5.74) is 11.5. The first-order chi connectivity index (χ1) is 25.8. The number of anilines is 3. The van der Waals surface area contributed by atoms with E-state index in [0.717, 1.165) is 72.0 Å². The van der Waals surface area contributed by atoms with Gasteiger partial charge in [-0.1, -0.05) is 146 Å². The van der Waals surface area contributed by atoms with Crippen LogP contribution in [0, 0.1) is 0 Å². The maximum absolute atomic E-state index is 6.90. The highest BCUT2D eigenvalue weighted by molar-refractivity contribution is 6.17. The van der Waals surface area contributed by atoms with E-state index in [9.17, 15) is 0 Å². The average molecular weight is 665 g/mol. The predicted molar refractivity (Wildman–Crippen MR) is 218 cm³/mol. The summed E-state index contributed by atoms with van der Waals surface area (Å²) >= 11 is 0. The quantitative estimate of drug-likeness (QED) is 0.177. The van der Waals surface area contributed by atoms with Gasteiger partial charge < -0.3 is 9.32 Å². The van der Waals surface area contributed by atoms with E-state index in [1.54, 1.807) is 0 Å². The highest BCUT2D eigenvalue weighted by Crippen LogP contribution is 2.46. The van der Waals surface area contributed by atoms with E-state index in [1.165, 1.54) is 21.9 Å². The van der Waals surface area contributed by atoms with Crippen molar-refractivity contribution in [3.05, 3.63) is 194 Å². The van der Waals surface area contributed by atoms with Crippen LogP contribution in [0.25, 0.3) is 76.9 Å². The van der Waals surface area contributed by atoms with Crippen LogP contribution in [0.5, 0.6) is 0 Å². The Morgan fingerprint density at radius 2 is 1.06 bits per heavy atom. The molecule has 0 saturated carbocycles. The molecule has 0 aliphatic rings. The lowest BCUT2D eigenvalue weighted by atomic mass is 9.92. The summed E-state index contributed by atoms with van der Waals surface area (Å²) in [6, 6.07) is 64.7. The molecule has 2 heterocycles. The number of hydrogen-bond acceptors (Lipinski definition) is 3. The molecule has 0 saturated heterocycles. The van der Waals surface area contributed by atoms with Crippen molar-refractivity contribution < 1.29 is 4.42 Å². The third-order valence-corrected chi connectivity index (χ3v) is 10.1. The molecule has 0 amide bonds. The highest BCUT2D eigenvalue weighted by atomic mass is 16.3. The van der Waals surface area contributed by atoms with Crippen LogP contribution < -0.4 is 4.90 Å². The van der Waals surface area contributed by atoms with Crippen molar-refractivity contribution in [2.24, 2.45) is 0 Å². The van der Waals surface area contributed by atoms with Crippen LogP contribution in [-0.4, -0.2) is 4.98 Å². The Morgan fingerprint density at radius 3 is 1.90 bits per heavy atom. The zero-order chi connectivity index (χ0) is 34.4. The summed E-state index contributed by atoms with van der Waals surface area (Å²) in [6.45, 7) is 0. The average Bonchev–Trinajstić information content (AvgIpc) is 3.62. The summed E-state index contributed by atoms with van der Waals surface area (Å²) in [4.78, 5) is 7.14. The van der Waals surface area contributed by atoms with Gasteiger partial charge >= 0.3 is 0 Å². The van der Waals surface area contributed by atoms with Gasteiger partial charge in [0.25, 0.3) is 0 Å². The van der Waals surface area contributed by atoms with Gasteiger partial charge in [0, 0.05) is 33.7 Å². The summed E-state index contributed by atoms with van der Waals surface area (Å²) in [7, 11) is 0. The standard InChI is InChI=1S/C49H32N2O/c1-3-12-33(13-4-1)38-19-11-20-40(29-38)51(47-32-50-31-46-44-26-24-36-17-9-10-21-43(36)48(44)52-49(46)47)41-25-27-42(45(30-41)35-15-5-2-6-16-35)39-23-22-34-14-7-8-18-37(34)28-39/h1-32H. The second kappa shape index (κ2) is 12.4. The predicted octanol–water partition coefficient (Wildman–Crippen LogP) is 13.8. The number of benzene rings is 8. The van der Waals surface area contributed by atoms with Crippen molar-refractivity contribution in [3.8, 4) is 33.4 Å². The van der Waals surface area contributed by atoms with Gasteiger partial charge in [-0.25, -0.2) is 0 Å². The molecule has 0 bridgehead atoms. The molecule has 244 valence electrons. The second-order valence-electron chi connectivity index (χ2n) is 13.2. The van der Waals surface area contributed by atoms with E-state index in [2.05, 4.69) is 187 Å². The SMILES string of the molecule is c1ccc(-c2cccc(N(c3ccc(-c4ccc5ccccc5c4)c(-c4ccccc4)c3)c3cncc4c3oc3c5ccccc5ccc43)c2)cc1. The van der Waals surface area contributed by atoms with Crippen LogP contribution in [-0.2, 0) is 0 Å². The molecule has 0 atom stereocenters. The Hall–Kier alpha value is -6.97. The molecule has 8 aromatic carbocycles. The van der Waals surface area contributed by atoms with Gasteiger partial charge in [0.2, 0.25) is 0 Å². The largest absolute Gasteiger partial charge is 0.453 e. The lowest BCUT2D eigenvalue weighted by Gasteiger charge is -2.27. The summed E-state index contributed by atoms with van der Waals surface area (Å²) in [5, 5.41) is 6.72. The molecular formula is C49H32N2O. The van der Waals surface area contributed by atoms with E-state index in [4.69, 9.17) is 9.40 Å². The van der Waals surface area contributed by atoms with E-state index >= 15 is 0 Å². The third kappa shape index (κ3) is 5.10. The lowest BCUT2D eigenvalue weighted by molar-refractivity contribution is 0.672. The van der Waals surface area contributed by atoms with Crippen molar-refractivity contribution in [1.82, 2.24) is 4.98 Å². The van der Waals surface area contributed by atoms with Crippen molar-refractivity contribution in [2.75, 3.05) is 4.90 Å². The van der Waals surface area contributed by atoms with E-state index in [0.29, 0.717) is 0 Å². The van der Waals surface area contributed by atoms with Crippen LogP contribution in [0.4, 0.5) is 17.1 Å². The topological polar surface area (TPSA) is 29.3 Å². The molecule has 0 aliphatic carbocycles. The Balaban J connectivity index is 1.23. The van der Waals surface area contributed by atoms with Gasteiger partial charge in [0.15, 0.2) is 5.58 Å². The molecule has 0 aliphatic heterocycles. The normalized spacial score (nSPS) is 11.5. The molecular weight excluding hydrogens is 633 g/mol. The van der Waals surface area contributed by atoms with Crippen molar-refractivity contribution in [1.29, 1.82) is 0 Å². The number of pyridine rings is 1. The Morgan fingerprint density at radius 1 is 0.365 bits per heavy atom. The zero-order valence-corrected chi connectivity index (χ0v) is 28.3. The van der Waals surface area contributed by atoms with Crippen LogP contribution in [0.3, 0.4) is 0 Å². The number of hydrogen-bond donors (Lipinski definition) is 0. The van der Waals surface area contributed by atoms with Gasteiger partial charge in [-0.05, 0) is 85.9 Å². The molecule has 0 radical (unpaired) electrons. The first-order valence-corrected chi connectivity index (χ1v) is 17.6. The van der Waals surface area contributed by atoms with Crippen LogP contribution in [0.15, 0.2) is 199 Å². The molecule has 3 nitrogen and oxygen atoms in total. The highest BCUT2D eigenvalue weighted by Gasteiger charge is 2.22. The number of rotatable bonds is 6. The minimum atomic E-state index is 0.798. The van der Waals surface area contributed by atoms with Crippen molar-refractivity contribution >= 4 is 60.5 Å². The van der Waals surface area contributed by atoms with E-state index < -0.39 is 0 Å². The van der Waals surface area contributed by atoms with Crippen LogP contribution in [0.2, 0.25) is 0 Å². The number of fused-ring (bicyclic) bond motifs is 6. The Bertz CT molecular complexity index is 2910. The van der Waals surface area contributed by atoms with Gasteiger partial charge in [-0.2, -0.15) is 0 Å². The monoisotopic (exact) mass is 664 g/mol. The number of aromatic nitrogens is 1. The summed E-state index contributed by atoms with van der Waals surface area (Å²) in [5.74, 6) is 0. The van der Waals surface area contributed by atoms with E-state index in [1.807, 2.05) is 12.4 Å². The van der Waals surface area contributed by atoms with Crippen molar-refractivity contribution in [2.45, 2.75) is 0 Å². The summed E-state index contributed by atoms with van der Waals surface area (Å²) in [6.07, 6.45) is 3.86. The molecule has 0 unspecified atom stereocenters. The third-order valence-electron chi connectivity index (χ3n) is 10.1. The number of furan rings is 1. The smallest absolute Gasteiger partial charge is 0.162 e. The fraction of sp³-hybridized carbons (Fsp3) is 0. The molecule has 2 aromatic heterocycles. The molecule has 0 fully saturated rings. The zero-order valence-electron chi connectivity index (χ0n) is 28.3. The maximum atomic E-state index is 6.90. The van der Waals surface area contributed by atoms with Crippen molar-refractivity contribution in [3.63, 3.8) is 0 Å². The Kier molecular flexibility index (Phi) is 7.14. The Labute approximate surface area is 301 Å². The molecule has 10 aromatic rings. The minimum Gasteiger partial charge on any atom is -0.453 e. The van der Waals surface area contributed by atoms with Gasteiger partial charge in [0.1, 0.15) is 11.3 Å². The first-order valence-electron chi connectivity index (χ1n) is 17.6. The minimum absolute atomic E-state index is 0.798. The second-order valence-corrected chi connectivity index (χ2v) is 13.2. The van der Waals surface area contributed by atoms with E-state index in [-0.39, 0.29) is 0 Å². The molecule has 3 heteroatoms. The van der Waals surface area contributed by atoms with Gasteiger partial charge in [0.05, 0.1) is 6.20 Å². The molecule has 0 spiro atoms. The lowest BCUT2D eigenvalue weighted by Crippen LogP contribution is -2.11. The maximum Gasteiger partial charge on any atom is 0.162 e. The fourth-order valence-corrected chi connectivity index (χ4v) is 7.58. The van der Waals surface area contributed by atoms with Gasteiger partial charge in [-0.3, -0.25) is 4.98 Å². The number of nitrogens with zero attached hydrogens (tertiary/aromatic N) is 2. The molecule has 10 rings (SSSR count). The summed E-state index contributed by atoms with van der Waals surface area (Å²) < 4.78 is 6.90. The van der Waals surface area contributed by atoms with Crippen LogP contribution >= 0.6 is 0 Å². The molecule has 0 N–H and O–H groups in total. The van der Waals surface area contributed by atoms with Crippen LogP contribution in [0.1, 0.15) is 0 Å². The fourth-order valence-electron chi connectivity index (χ4n) is 7.58. The van der Waals surface area contributed by atoms with Gasteiger partial charge in [-0.15, -0.1) is 0 Å². The molecule has 52 heavy (non-hydrogen) atoms.